The first-order valence-corrected chi connectivity index (χ1v) is 9.15. The lowest BCUT2D eigenvalue weighted by Crippen LogP contribution is -2.46. The predicted molar refractivity (Wildman–Crippen MR) is 102 cm³/mol. The molecule has 2 unspecified atom stereocenters. The van der Waals surface area contributed by atoms with Gasteiger partial charge >= 0.3 is 0 Å². The van der Waals surface area contributed by atoms with E-state index in [1.807, 2.05) is 18.7 Å². The van der Waals surface area contributed by atoms with Crippen LogP contribution >= 0.6 is 0 Å². The van der Waals surface area contributed by atoms with Gasteiger partial charge in [0.1, 0.15) is 6.61 Å². The largest absolute Gasteiger partial charge is 0.487 e. The van der Waals surface area contributed by atoms with Crippen LogP contribution in [-0.2, 0) is 9.47 Å². The summed E-state index contributed by atoms with van der Waals surface area (Å²) in [5.41, 5.74) is 1.25. The zero-order chi connectivity index (χ0) is 20.1. The number of hydrogen-bond acceptors (Lipinski definition) is 7. The maximum Gasteiger partial charge on any atom is 0.189 e. The van der Waals surface area contributed by atoms with Gasteiger partial charge in [-0.05, 0) is 19.9 Å². The second kappa shape index (κ2) is 9.07. The standard InChI is InChI=1S/C20H24FN3O4/c1-13-10-24(11-14(2)28-13)19-15(12-25)8-16(17-9-22-4-5-23-17)20(18(19)21)27-7-6-26-3/h4-5,8-9,12-14H,6-7,10-11H2,1-3H3. The first kappa shape index (κ1) is 20.2. The van der Waals surface area contributed by atoms with Gasteiger partial charge in [0.05, 0.1) is 36.4 Å². The van der Waals surface area contributed by atoms with Crippen molar-refractivity contribution in [2.24, 2.45) is 0 Å². The van der Waals surface area contributed by atoms with Crippen LogP contribution in [0.3, 0.4) is 0 Å². The highest BCUT2D eigenvalue weighted by molar-refractivity contribution is 5.90. The number of nitrogens with zero attached hydrogens (tertiary/aromatic N) is 3. The van der Waals surface area contributed by atoms with E-state index >= 15 is 4.39 Å². The Morgan fingerprint density at radius 2 is 2.04 bits per heavy atom. The Morgan fingerprint density at radius 3 is 2.64 bits per heavy atom. The minimum atomic E-state index is -0.595. The van der Waals surface area contributed by atoms with Gasteiger partial charge in [0.15, 0.2) is 17.9 Å². The topological polar surface area (TPSA) is 73.8 Å². The van der Waals surface area contributed by atoms with Crippen molar-refractivity contribution in [1.29, 1.82) is 0 Å². The number of rotatable bonds is 7. The van der Waals surface area contributed by atoms with Crippen LogP contribution in [0, 0.1) is 5.82 Å². The number of morpholine rings is 1. The fourth-order valence-corrected chi connectivity index (χ4v) is 3.41. The smallest absolute Gasteiger partial charge is 0.189 e. The number of benzene rings is 1. The highest BCUT2D eigenvalue weighted by Gasteiger charge is 2.30. The molecule has 0 N–H and O–H groups in total. The molecule has 2 atom stereocenters. The van der Waals surface area contributed by atoms with Crippen molar-refractivity contribution in [3.05, 3.63) is 36.0 Å². The molecule has 1 aromatic carbocycles. The second-order valence-corrected chi connectivity index (χ2v) is 6.72. The Hall–Kier alpha value is -2.58. The lowest BCUT2D eigenvalue weighted by Gasteiger charge is -2.37. The van der Waals surface area contributed by atoms with E-state index in [-0.39, 0.29) is 35.8 Å². The van der Waals surface area contributed by atoms with Crippen LogP contribution in [0.5, 0.6) is 5.75 Å². The molecule has 7 nitrogen and oxygen atoms in total. The highest BCUT2D eigenvalue weighted by Crippen LogP contribution is 2.40. The fraction of sp³-hybridized carbons (Fsp3) is 0.450. The molecule has 1 aromatic heterocycles. The summed E-state index contributed by atoms with van der Waals surface area (Å²) in [6.07, 6.45) is 5.02. The molecule has 28 heavy (non-hydrogen) atoms. The Balaban J connectivity index is 2.12. The van der Waals surface area contributed by atoms with Crippen molar-refractivity contribution >= 4 is 12.0 Å². The SMILES string of the molecule is COCCOc1c(-c2cnccn2)cc(C=O)c(N2CC(C)OC(C)C2)c1F. The molecule has 2 aromatic rings. The predicted octanol–water partition coefficient (Wildman–Crippen LogP) is 2.73. The van der Waals surface area contributed by atoms with Crippen LogP contribution in [0.25, 0.3) is 11.3 Å². The molecule has 0 saturated carbocycles. The zero-order valence-corrected chi connectivity index (χ0v) is 16.2. The molecule has 1 fully saturated rings. The number of methoxy groups -OCH3 is 1. The summed E-state index contributed by atoms with van der Waals surface area (Å²) in [5.74, 6) is -0.562. The van der Waals surface area contributed by atoms with Crippen molar-refractivity contribution in [2.45, 2.75) is 26.1 Å². The van der Waals surface area contributed by atoms with Crippen molar-refractivity contribution < 1.29 is 23.4 Å². The van der Waals surface area contributed by atoms with E-state index in [9.17, 15) is 4.79 Å². The molecule has 0 aliphatic carbocycles. The van der Waals surface area contributed by atoms with Gasteiger partial charge in [-0.2, -0.15) is 0 Å². The van der Waals surface area contributed by atoms with E-state index in [1.165, 1.54) is 18.6 Å². The van der Waals surface area contributed by atoms with Crippen molar-refractivity contribution in [1.82, 2.24) is 9.97 Å². The maximum absolute atomic E-state index is 15.7. The average Bonchev–Trinajstić information content (AvgIpc) is 2.68. The molecule has 0 amide bonds. The van der Waals surface area contributed by atoms with E-state index in [0.717, 1.165) is 0 Å². The molecule has 1 aliphatic rings. The van der Waals surface area contributed by atoms with E-state index in [0.29, 0.717) is 37.2 Å². The summed E-state index contributed by atoms with van der Waals surface area (Å²) in [4.78, 5) is 21.9. The van der Waals surface area contributed by atoms with Gasteiger partial charge in [-0.25, -0.2) is 4.39 Å². The minimum absolute atomic E-state index is 0.0324. The molecule has 3 rings (SSSR count). The van der Waals surface area contributed by atoms with E-state index in [1.54, 1.807) is 13.2 Å². The fourth-order valence-electron chi connectivity index (χ4n) is 3.41. The summed E-state index contributed by atoms with van der Waals surface area (Å²) in [7, 11) is 1.54. The zero-order valence-electron chi connectivity index (χ0n) is 16.2. The number of carbonyl (C=O) groups is 1. The summed E-state index contributed by atoms with van der Waals surface area (Å²) in [6.45, 7) is 5.26. The van der Waals surface area contributed by atoms with Crippen LogP contribution in [0.4, 0.5) is 10.1 Å². The Bertz CT molecular complexity index is 809. The Morgan fingerprint density at radius 1 is 1.29 bits per heavy atom. The maximum atomic E-state index is 15.7. The van der Waals surface area contributed by atoms with E-state index in [2.05, 4.69) is 9.97 Å². The summed E-state index contributed by atoms with van der Waals surface area (Å²) in [6, 6.07) is 1.60. The highest BCUT2D eigenvalue weighted by atomic mass is 19.1. The van der Waals surface area contributed by atoms with Gasteiger partial charge in [-0.1, -0.05) is 0 Å². The number of hydrogen-bond donors (Lipinski definition) is 0. The summed E-state index contributed by atoms with van der Waals surface area (Å²) in [5, 5.41) is 0. The van der Waals surface area contributed by atoms with Gasteiger partial charge in [-0.3, -0.25) is 14.8 Å². The van der Waals surface area contributed by atoms with Gasteiger partial charge < -0.3 is 19.1 Å². The van der Waals surface area contributed by atoms with Crippen LogP contribution in [-0.4, -0.2) is 61.9 Å². The van der Waals surface area contributed by atoms with E-state index < -0.39 is 5.82 Å². The van der Waals surface area contributed by atoms with Crippen LogP contribution in [0.2, 0.25) is 0 Å². The van der Waals surface area contributed by atoms with Gasteiger partial charge in [0.2, 0.25) is 0 Å². The molecular formula is C20H24FN3O4. The van der Waals surface area contributed by atoms with Crippen molar-refractivity contribution in [2.75, 3.05) is 38.3 Å². The number of ether oxygens (including phenoxy) is 3. The van der Waals surface area contributed by atoms with E-state index in [4.69, 9.17) is 14.2 Å². The molecule has 8 heteroatoms. The third-order valence-corrected chi connectivity index (χ3v) is 4.46. The second-order valence-electron chi connectivity index (χ2n) is 6.72. The summed E-state index contributed by atoms with van der Waals surface area (Å²) < 4.78 is 32.1. The molecule has 150 valence electrons. The van der Waals surface area contributed by atoms with Crippen molar-refractivity contribution in [3.63, 3.8) is 0 Å². The van der Waals surface area contributed by atoms with Gasteiger partial charge in [0.25, 0.3) is 0 Å². The molecule has 0 spiro atoms. The quantitative estimate of drug-likeness (QED) is 0.532. The minimum Gasteiger partial charge on any atom is -0.487 e. The molecule has 2 heterocycles. The molecule has 0 radical (unpaired) electrons. The van der Waals surface area contributed by atoms with Crippen LogP contribution < -0.4 is 9.64 Å². The Kier molecular flexibility index (Phi) is 6.53. The molecule has 1 saturated heterocycles. The average molecular weight is 389 g/mol. The lowest BCUT2D eigenvalue weighted by atomic mass is 10.0. The molecular weight excluding hydrogens is 365 g/mol. The Labute approximate surface area is 163 Å². The summed E-state index contributed by atoms with van der Waals surface area (Å²) >= 11 is 0. The van der Waals surface area contributed by atoms with Gasteiger partial charge in [-0.15, -0.1) is 0 Å². The van der Waals surface area contributed by atoms with Crippen LogP contribution in [0.1, 0.15) is 24.2 Å². The number of aldehydes is 1. The number of aromatic nitrogens is 2. The third-order valence-electron chi connectivity index (χ3n) is 4.46. The molecule has 0 bridgehead atoms. The normalized spacial score (nSPS) is 19.5. The van der Waals surface area contributed by atoms with Gasteiger partial charge in [0, 0.05) is 43.7 Å². The number of halogens is 1. The van der Waals surface area contributed by atoms with Crippen LogP contribution in [0.15, 0.2) is 24.7 Å². The third kappa shape index (κ3) is 4.28. The first-order chi connectivity index (χ1) is 13.5. The molecule has 1 aliphatic heterocycles. The first-order valence-electron chi connectivity index (χ1n) is 9.15. The van der Waals surface area contributed by atoms with Crippen molar-refractivity contribution in [3.8, 4) is 17.0 Å². The monoisotopic (exact) mass is 389 g/mol. The lowest BCUT2D eigenvalue weighted by molar-refractivity contribution is -0.00546. The number of carbonyl (C=O) groups excluding carboxylic acids is 1. The number of anilines is 1.